The third kappa shape index (κ3) is 3.00. The number of aromatic nitrogens is 3. The number of carbonyl (C=O) groups excluding carboxylic acids is 1. The molecule has 0 spiro atoms. The summed E-state index contributed by atoms with van der Waals surface area (Å²) in [6, 6.07) is 15.9. The molecule has 7 heteroatoms. The second-order valence-electron chi connectivity index (χ2n) is 7.09. The fourth-order valence-electron chi connectivity index (χ4n) is 4.04. The average Bonchev–Trinajstić information content (AvgIpc) is 3.32. The molecule has 4 N–H and O–H groups in total. The molecule has 140 valence electrons. The number of aromatic amines is 1. The van der Waals surface area contributed by atoms with E-state index in [9.17, 15) is 4.79 Å². The fraction of sp³-hybridized carbons (Fsp3) is 0.190. The van der Waals surface area contributed by atoms with E-state index in [2.05, 4.69) is 56.1 Å². The van der Waals surface area contributed by atoms with Crippen LogP contribution in [0.5, 0.6) is 0 Å². The molecule has 2 aromatic carbocycles. The Labute approximate surface area is 162 Å². The van der Waals surface area contributed by atoms with Crippen LogP contribution in [-0.2, 0) is 6.42 Å². The fourth-order valence-corrected chi connectivity index (χ4v) is 4.04. The molecule has 1 unspecified atom stereocenters. The number of allylic oxidation sites excluding steroid dienone is 2. The monoisotopic (exact) mass is 372 g/mol. The van der Waals surface area contributed by atoms with Gasteiger partial charge in [-0.2, -0.15) is 5.53 Å². The van der Waals surface area contributed by atoms with Crippen molar-refractivity contribution in [3.8, 4) is 11.3 Å². The van der Waals surface area contributed by atoms with E-state index in [4.69, 9.17) is 0 Å². The van der Waals surface area contributed by atoms with E-state index in [1.807, 2.05) is 30.3 Å². The number of hydrogen-bond donors (Lipinski definition) is 4. The third-order valence-electron chi connectivity index (χ3n) is 5.39. The van der Waals surface area contributed by atoms with Crippen molar-refractivity contribution in [2.45, 2.75) is 18.8 Å². The van der Waals surface area contributed by atoms with Crippen LogP contribution in [0.3, 0.4) is 0 Å². The topological polar surface area (TPSA) is 94.7 Å². The van der Waals surface area contributed by atoms with E-state index < -0.39 is 0 Å². The Morgan fingerprint density at radius 1 is 1.04 bits per heavy atom. The molecular formula is C21H20N6O. The lowest BCUT2D eigenvalue weighted by Gasteiger charge is -2.16. The van der Waals surface area contributed by atoms with Crippen LogP contribution < -0.4 is 16.4 Å². The summed E-state index contributed by atoms with van der Waals surface area (Å²) in [5.74, 6) is 0.900. The standard InChI is InChI=1S/C21H20N6O/c28-19-12-16-10-13-4-1-2-7-17(13)18(16)8-9-22-26-24-21-20(23-27-25-21)15-6-3-5-14(19)11-15/h1-7,11-12,18,22,26H,8-10H2,(H2,23,24,25,27). The Morgan fingerprint density at radius 2 is 1.93 bits per heavy atom. The Balaban J connectivity index is 1.57. The van der Waals surface area contributed by atoms with Crippen LogP contribution in [0.4, 0.5) is 5.82 Å². The van der Waals surface area contributed by atoms with Gasteiger partial charge in [0, 0.05) is 23.6 Å². The van der Waals surface area contributed by atoms with Crippen molar-refractivity contribution in [1.29, 1.82) is 0 Å². The first-order valence-electron chi connectivity index (χ1n) is 9.37. The largest absolute Gasteiger partial charge is 0.291 e. The maximum Gasteiger partial charge on any atom is 0.185 e. The molecule has 0 radical (unpaired) electrons. The molecule has 0 saturated carbocycles. The number of hydrogen-bond acceptors (Lipinski definition) is 6. The van der Waals surface area contributed by atoms with Gasteiger partial charge in [-0.1, -0.05) is 53.3 Å². The van der Waals surface area contributed by atoms with Gasteiger partial charge in [-0.15, -0.1) is 5.10 Å². The predicted octanol–water partition coefficient (Wildman–Crippen LogP) is 2.75. The van der Waals surface area contributed by atoms with E-state index in [1.54, 1.807) is 0 Å². The van der Waals surface area contributed by atoms with Crippen molar-refractivity contribution < 1.29 is 4.79 Å². The first-order chi connectivity index (χ1) is 13.8. The molecule has 0 fully saturated rings. The number of ketones is 1. The molecule has 2 heterocycles. The molecule has 28 heavy (non-hydrogen) atoms. The first-order valence-corrected chi connectivity index (χ1v) is 9.37. The van der Waals surface area contributed by atoms with Gasteiger partial charge in [0.1, 0.15) is 5.69 Å². The number of hydrazine groups is 2. The van der Waals surface area contributed by atoms with Gasteiger partial charge in [0.05, 0.1) is 0 Å². The molecular weight excluding hydrogens is 352 g/mol. The number of fused-ring (bicyclic) bond motifs is 7. The zero-order valence-electron chi connectivity index (χ0n) is 15.2. The number of carbonyl (C=O) groups is 1. The number of rotatable bonds is 0. The van der Waals surface area contributed by atoms with E-state index >= 15 is 0 Å². The summed E-state index contributed by atoms with van der Waals surface area (Å²) >= 11 is 0. The summed E-state index contributed by atoms with van der Waals surface area (Å²) in [6.45, 7) is 0.736. The lowest BCUT2D eigenvalue weighted by molar-refractivity contribution is 0.104. The number of nitrogens with one attached hydrogen (secondary N) is 4. The average molecular weight is 372 g/mol. The lowest BCUT2D eigenvalue weighted by Crippen LogP contribution is -2.38. The summed E-state index contributed by atoms with van der Waals surface area (Å²) in [5.41, 5.74) is 15.2. The van der Waals surface area contributed by atoms with Crippen LogP contribution in [0.1, 0.15) is 33.8 Å². The van der Waals surface area contributed by atoms with Crippen LogP contribution in [-0.4, -0.2) is 27.7 Å². The molecule has 0 amide bonds. The minimum atomic E-state index is 0.0239. The minimum Gasteiger partial charge on any atom is -0.291 e. The van der Waals surface area contributed by atoms with Gasteiger partial charge in [-0.3, -0.25) is 10.2 Å². The molecule has 7 nitrogen and oxygen atoms in total. The summed E-state index contributed by atoms with van der Waals surface area (Å²) in [4.78, 5) is 13.0. The number of benzene rings is 2. The highest BCUT2D eigenvalue weighted by molar-refractivity contribution is 6.06. The van der Waals surface area contributed by atoms with Crippen molar-refractivity contribution in [3.63, 3.8) is 0 Å². The lowest BCUT2D eigenvalue weighted by atomic mass is 9.92. The smallest absolute Gasteiger partial charge is 0.185 e. The maximum atomic E-state index is 13.0. The zero-order valence-corrected chi connectivity index (χ0v) is 15.2. The Kier molecular flexibility index (Phi) is 4.23. The maximum absolute atomic E-state index is 13.0. The van der Waals surface area contributed by atoms with Gasteiger partial charge in [-0.05, 0) is 36.1 Å². The van der Waals surface area contributed by atoms with Crippen LogP contribution in [0.15, 0.2) is 60.2 Å². The quantitative estimate of drug-likeness (QED) is 0.485. The molecule has 1 aromatic heterocycles. The van der Waals surface area contributed by atoms with Crippen LogP contribution in [0.2, 0.25) is 0 Å². The molecule has 5 rings (SSSR count). The predicted molar refractivity (Wildman–Crippen MR) is 106 cm³/mol. The van der Waals surface area contributed by atoms with E-state index in [1.165, 1.54) is 16.7 Å². The summed E-state index contributed by atoms with van der Waals surface area (Å²) < 4.78 is 0. The molecule has 1 atom stereocenters. The molecule has 2 aliphatic rings. The molecule has 1 aliphatic carbocycles. The van der Waals surface area contributed by atoms with Crippen molar-refractivity contribution in [2.75, 3.05) is 12.0 Å². The highest BCUT2D eigenvalue weighted by Crippen LogP contribution is 2.39. The Morgan fingerprint density at radius 3 is 2.89 bits per heavy atom. The first kappa shape index (κ1) is 16.9. The summed E-state index contributed by atoms with van der Waals surface area (Å²) in [7, 11) is 0. The number of H-pyrrole nitrogens is 1. The van der Waals surface area contributed by atoms with Gasteiger partial charge < -0.3 is 0 Å². The van der Waals surface area contributed by atoms with Gasteiger partial charge in [-0.25, -0.2) is 10.5 Å². The SMILES string of the molecule is O=C1C=C2Cc3ccccc3C2CCNNNc2[nH]nnc2-c2cccc1c2. The van der Waals surface area contributed by atoms with E-state index in [0.717, 1.165) is 24.9 Å². The van der Waals surface area contributed by atoms with Gasteiger partial charge >= 0.3 is 0 Å². The van der Waals surface area contributed by atoms with Crippen molar-refractivity contribution in [3.05, 3.63) is 76.9 Å². The normalized spacial score (nSPS) is 18.9. The van der Waals surface area contributed by atoms with Crippen LogP contribution in [0, 0.1) is 0 Å². The summed E-state index contributed by atoms with van der Waals surface area (Å²) in [5, 5.41) is 10.9. The zero-order chi connectivity index (χ0) is 18.9. The second kappa shape index (κ2) is 7.03. The minimum absolute atomic E-state index is 0.0239. The molecule has 2 bridgehead atoms. The highest BCUT2D eigenvalue weighted by Gasteiger charge is 2.27. The van der Waals surface area contributed by atoms with Gasteiger partial charge in [0.15, 0.2) is 11.6 Å². The van der Waals surface area contributed by atoms with Crippen LogP contribution >= 0.6 is 0 Å². The second-order valence-corrected chi connectivity index (χ2v) is 7.09. The van der Waals surface area contributed by atoms with Crippen molar-refractivity contribution >= 4 is 11.6 Å². The number of nitrogens with zero attached hydrogens (tertiary/aromatic N) is 2. The number of anilines is 1. The van der Waals surface area contributed by atoms with Crippen LogP contribution in [0.25, 0.3) is 11.3 Å². The Hall–Kier alpha value is -3.29. The molecule has 0 saturated heterocycles. The summed E-state index contributed by atoms with van der Waals surface area (Å²) in [6.07, 6.45) is 3.54. The van der Waals surface area contributed by atoms with Gasteiger partial charge in [0.2, 0.25) is 0 Å². The van der Waals surface area contributed by atoms with E-state index in [0.29, 0.717) is 17.1 Å². The van der Waals surface area contributed by atoms with Crippen molar-refractivity contribution in [2.24, 2.45) is 0 Å². The Bertz CT molecular complexity index is 1070. The molecule has 1 aliphatic heterocycles. The van der Waals surface area contributed by atoms with E-state index in [-0.39, 0.29) is 11.7 Å². The van der Waals surface area contributed by atoms with Crippen molar-refractivity contribution in [1.82, 2.24) is 26.4 Å². The third-order valence-corrected chi connectivity index (χ3v) is 5.39. The highest BCUT2D eigenvalue weighted by atomic mass is 16.1. The van der Waals surface area contributed by atoms with Gasteiger partial charge in [0.25, 0.3) is 0 Å². The molecule has 3 aromatic rings.